The van der Waals surface area contributed by atoms with Gasteiger partial charge in [0.2, 0.25) is 5.91 Å². The van der Waals surface area contributed by atoms with Crippen molar-refractivity contribution in [2.75, 3.05) is 45.8 Å². The predicted octanol–water partition coefficient (Wildman–Crippen LogP) is -0.680. The average Bonchev–Trinajstić information content (AvgIpc) is 2.31. The lowest BCUT2D eigenvalue weighted by atomic mass is 10.1. The molecule has 0 aromatic carbocycles. The molecule has 1 heterocycles. The van der Waals surface area contributed by atoms with Crippen LogP contribution in [0.1, 0.15) is 13.8 Å². The summed E-state index contributed by atoms with van der Waals surface area (Å²) in [6.45, 7) is 10.9. The lowest BCUT2D eigenvalue weighted by molar-refractivity contribution is -0.122. The molecule has 5 nitrogen and oxygen atoms in total. The highest BCUT2D eigenvalue weighted by Crippen LogP contribution is 2.07. The van der Waals surface area contributed by atoms with E-state index in [2.05, 4.69) is 16.7 Å². The zero-order valence-corrected chi connectivity index (χ0v) is 11.1. The molecule has 100 valence electrons. The molecule has 5 heteroatoms. The molecule has 1 fully saturated rings. The van der Waals surface area contributed by atoms with E-state index in [1.165, 1.54) is 0 Å². The van der Waals surface area contributed by atoms with Gasteiger partial charge in [-0.25, -0.2) is 0 Å². The molecule has 1 rings (SSSR count). The topological polar surface area (TPSA) is 75.6 Å². The Hall–Kier alpha value is -0.650. The van der Waals surface area contributed by atoms with Crippen LogP contribution in [0.15, 0.2) is 0 Å². The van der Waals surface area contributed by atoms with Crippen LogP contribution in [-0.2, 0) is 4.79 Å². The van der Waals surface area contributed by atoms with E-state index in [0.29, 0.717) is 5.92 Å². The highest BCUT2D eigenvalue weighted by molar-refractivity contribution is 5.76. The van der Waals surface area contributed by atoms with E-state index in [0.717, 1.165) is 45.8 Å². The van der Waals surface area contributed by atoms with Crippen LogP contribution < -0.4 is 11.5 Å². The first-order valence-corrected chi connectivity index (χ1v) is 6.47. The zero-order chi connectivity index (χ0) is 12.8. The number of nitrogens with zero attached hydrogens (tertiary/aromatic N) is 2. The maximum Gasteiger partial charge on any atom is 0.221 e. The molecule has 1 amide bonds. The van der Waals surface area contributed by atoms with E-state index >= 15 is 0 Å². The summed E-state index contributed by atoms with van der Waals surface area (Å²) in [5.41, 5.74) is 10.9. The molecule has 0 saturated carbocycles. The fourth-order valence-corrected chi connectivity index (χ4v) is 2.15. The summed E-state index contributed by atoms with van der Waals surface area (Å²) in [4.78, 5) is 15.8. The molecule has 1 aliphatic rings. The molecule has 0 aliphatic carbocycles. The Bertz CT molecular complexity index is 239. The van der Waals surface area contributed by atoms with Crippen molar-refractivity contribution in [2.45, 2.75) is 13.8 Å². The first kappa shape index (κ1) is 14.4. The molecular weight excluding hydrogens is 216 g/mol. The first-order valence-electron chi connectivity index (χ1n) is 6.47. The molecule has 4 N–H and O–H groups in total. The average molecular weight is 242 g/mol. The Kier molecular flexibility index (Phi) is 5.88. The SMILES string of the molecule is CC(CN)CN1CCN(CC(C)C(N)=O)CC1. The Morgan fingerprint density at radius 3 is 2.00 bits per heavy atom. The summed E-state index contributed by atoms with van der Waals surface area (Å²) in [6.07, 6.45) is 0. The van der Waals surface area contributed by atoms with Gasteiger partial charge in [-0.3, -0.25) is 4.79 Å². The Morgan fingerprint density at radius 1 is 1.12 bits per heavy atom. The number of amides is 1. The van der Waals surface area contributed by atoms with Gasteiger partial charge in [-0.2, -0.15) is 0 Å². The van der Waals surface area contributed by atoms with Crippen LogP contribution in [0.2, 0.25) is 0 Å². The minimum absolute atomic E-state index is 0.0514. The second-order valence-electron chi connectivity index (χ2n) is 5.25. The third-order valence-electron chi connectivity index (χ3n) is 3.45. The predicted molar refractivity (Wildman–Crippen MR) is 69.5 cm³/mol. The number of hydrogen-bond donors (Lipinski definition) is 2. The normalized spacial score (nSPS) is 22.3. The minimum Gasteiger partial charge on any atom is -0.369 e. The van der Waals surface area contributed by atoms with Crippen LogP contribution in [0.3, 0.4) is 0 Å². The van der Waals surface area contributed by atoms with Crippen LogP contribution in [0.4, 0.5) is 0 Å². The fourth-order valence-electron chi connectivity index (χ4n) is 2.15. The number of nitrogens with two attached hydrogens (primary N) is 2. The fraction of sp³-hybridized carbons (Fsp3) is 0.917. The number of carbonyl (C=O) groups excluding carboxylic acids is 1. The number of carbonyl (C=O) groups is 1. The molecule has 17 heavy (non-hydrogen) atoms. The molecule has 0 aromatic rings. The number of primary amides is 1. The van der Waals surface area contributed by atoms with Crippen molar-refractivity contribution in [3.8, 4) is 0 Å². The molecule has 1 saturated heterocycles. The zero-order valence-electron chi connectivity index (χ0n) is 11.1. The van der Waals surface area contributed by atoms with Gasteiger partial charge in [0.25, 0.3) is 0 Å². The Labute approximate surface area is 104 Å². The standard InChI is InChI=1S/C12H26N4O/c1-10(7-13)8-15-3-5-16(6-4-15)9-11(2)12(14)17/h10-11H,3-9,13H2,1-2H3,(H2,14,17). The highest BCUT2D eigenvalue weighted by atomic mass is 16.1. The van der Waals surface area contributed by atoms with E-state index in [9.17, 15) is 4.79 Å². The summed E-state index contributed by atoms with van der Waals surface area (Å²) < 4.78 is 0. The molecule has 1 aliphatic heterocycles. The highest BCUT2D eigenvalue weighted by Gasteiger charge is 2.20. The molecule has 0 aromatic heterocycles. The third kappa shape index (κ3) is 5.02. The van der Waals surface area contributed by atoms with Crippen LogP contribution >= 0.6 is 0 Å². The summed E-state index contributed by atoms with van der Waals surface area (Å²) in [5, 5.41) is 0. The summed E-state index contributed by atoms with van der Waals surface area (Å²) in [7, 11) is 0. The van der Waals surface area contributed by atoms with Gasteiger partial charge in [-0.15, -0.1) is 0 Å². The van der Waals surface area contributed by atoms with Crippen molar-refractivity contribution in [1.29, 1.82) is 0 Å². The molecular formula is C12H26N4O. The summed E-state index contributed by atoms with van der Waals surface area (Å²) >= 11 is 0. The summed E-state index contributed by atoms with van der Waals surface area (Å²) in [5.74, 6) is 0.305. The number of piperazine rings is 1. The number of hydrogen-bond acceptors (Lipinski definition) is 4. The summed E-state index contributed by atoms with van der Waals surface area (Å²) in [6, 6.07) is 0. The van der Waals surface area contributed by atoms with E-state index in [1.54, 1.807) is 0 Å². The molecule has 2 unspecified atom stereocenters. The molecule has 2 atom stereocenters. The minimum atomic E-state index is -0.204. The Balaban J connectivity index is 2.24. The van der Waals surface area contributed by atoms with Crippen molar-refractivity contribution >= 4 is 5.91 Å². The van der Waals surface area contributed by atoms with Crippen LogP contribution in [-0.4, -0.2) is 61.5 Å². The van der Waals surface area contributed by atoms with Gasteiger partial charge in [0.15, 0.2) is 0 Å². The van der Waals surface area contributed by atoms with Gasteiger partial charge in [0, 0.05) is 45.2 Å². The van der Waals surface area contributed by atoms with E-state index in [-0.39, 0.29) is 11.8 Å². The van der Waals surface area contributed by atoms with Gasteiger partial charge in [-0.1, -0.05) is 13.8 Å². The second-order valence-corrected chi connectivity index (χ2v) is 5.25. The van der Waals surface area contributed by atoms with E-state index < -0.39 is 0 Å². The lowest BCUT2D eigenvalue weighted by Crippen LogP contribution is -2.49. The van der Waals surface area contributed by atoms with Gasteiger partial charge in [0.1, 0.15) is 0 Å². The van der Waals surface area contributed by atoms with Crippen LogP contribution in [0.5, 0.6) is 0 Å². The van der Waals surface area contributed by atoms with Gasteiger partial charge >= 0.3 is 0 Å². The van der Waals surface area contributed by atoms with E-state index in [4.69, 9.17) is 11.5 Å². The molecule has 0 radical (unpaired) electrons. The number of rotatable bonds is 6. The monoisotopic (exact) mass is 242 g/mol. The van der Waals surface area contributed by atoms with Crippen LogP contribution in [0.25, 0.3) is 0 Å². The van der Waals surface area contributed by atoms with Gasteiger partial charge in [0.05, 0.1) is 0 Å². The molecule has 0 bridgehead atoms. The lowest BCUT2D eigenvalue weighted by Gasteiger charge is -2.36. The van der Waals surface area contributed by atoms with Gasteiger partial charge < -0.3 is 21.3 Å². The second kappa shape index (κ2) is 6.93. The van der Waals surface area contributed by atoms with E-state index in [1.807, 2.05) is 6.92 Å². The quantitative estimate of drug-likeness (QED) is 0.647. The largest absolute Gasteiger partial charge is 0.369 e. The first-order chi connectivity index (χ1) is 8.02. The Morgan fingerprint density at radius 2 is 1.59 bits per heavy atom. The van der Waals surface area contributed by atoms with Gasteiger partial charge in [-0.05, 0) is 12.5 Å². The van der Waals surface area contributed by atoms with Crippen molar-refractivity contribution in [3.05, 3.63) is 0 Å². The van der Waals surface area contributed by atoms with Crippen molar-refractivity contribution < 1.29 is 4.79 Å². The van der Waals surface area contributed by atoms with Crippen molar-refractivity contribution in [1.82, 2.24) is 9.80 Å². The van der Waals surface area contributed by atoms with Crippen LogP contribution in [0, 0.1) is 11.8 Å². The molecule has 0 spiro atoms. The third-order valence-corrected chi connectivity index (χ3v) is 3.45. The maximum absolute atomic E-state index is 11.0. The smallest absolute Gasteiger partial charge is 0.221 e. The maximum atomic E-state index is 11.0. The van der Waals surface area contributed by atoms with Crippen molar-refractivity contribution in [3.63, 3.8) is 0 Å². The van der Waals surface area contributed by atoms with Crippen molar-refractivity contribution in [2.24, 2.45) is 23.3 Å².